The van der Waals surface area contributed by atoms with Crippen molar-refractivity contribution in [2.24, 2.45) is 5.73 Å². The first-order chi connectivity index (χ1) is 8.63. The van der Waals surface area contributed by atoms with Crippen LogP contribution in [0.3, 0.4) is 0 Å². The lowest BCUT2D eigenvalue weighted by Crippen LogP contribution is -2.48. The molecule has 8 nitrogen and oxygen atoms in total. The third-order valence-corrected chi connectivity index (χ3v) is 2.91. The molecule has 0 spiro atoms. The third kappa shape index (κ3) is 1.71. The molecular formula is C10H12N6O2. The molecule has 0 aliphatic carbocycles. The molecule has 0 bridgehead atoms. The van der Waals surface area contributed by atoms with Crippen molar-refractivity contribution >= 4 is 11.9 Å². The summed E-state index contributed by atoms with van der Waals surface area (Å²) in [4.78, 5) is 17.1. The first kappa shape index (κ1) is 10.8. The van der Waals surface area contributed by atoms with E-state index in [4.69, 9.17) is 10.3 Å². The lowest BCUT2D eigenvalue weighted by Gasteiger charge is -2.37. The molecule has 1 saturated heterocycles. The van der Waals surface area contributed by atoms with Crippen LogP contribution in [0.1, 0.15) is 22.2 Å². The lowest BCUT2D eigenvalue weighted by molar-refractivity contribution is 0.1000. The summed E-state index contributed by atoms with van der Waals surface area (Å²) in [5.41, 5.74) is 5.59. The highest BCUT2D eigenvalue weighted by Crippen LogP contribution is 2.25. The minimum absolute atomic E-state index is 0.199. The van der Waals surface area contributed by atoms with Gasteiger partial charge in [-0.3, -0.25) is 9.48 Å². The lowest BCUT2D eigenvalue weighted by atomic mass is 10.1. The van der Waals surface area contributed by atoms with Gasteiger partial charge in [0, 0.05) is 19.3 Å². The standard InChI is InChI=1S/C10H12N6O2/c1-6-13-10(18-14-6)15-4-8(5-15)16-3-7(2-12-16)9(11)17/h2-3,8H,4-5H2,1H3,(H2,11,17). The quantitative estimate of drug-likeness (QED) is 0.802. The molecule has 3 heterocycles. The van der Waals surface area contributed by atoms with Crippen LogP contribution in [-0.4, -0.2) is 38.9 Å². The maximum Gasteiger partial charge on any atom is 0.324 e. The Morgan fingerprint density at radius 3 is 2.89 bits per heavy atom. The second-order valence-corrected chi connectivity index (χ2v) is 4.26. The van der Waals surface area contributed by atoms with E-state index in [1.807, 2.05) is 4.90 Å². The van der Waals surface area contributed by atoms with Gasteiger partial charge in [-0.05, 0) is 6.92 Å². The van der Waals surface area contributed by atoms with Gasteiger partial charge in [0.1, 0.15) is 0 Å². The van der Waals surface area contributed by atoms with Gasteiger partial charge in [0.25, 0.3) is 5.91 Å². The van der Waals surface area contributed by atoms with Gasteiger partial charge < -0.3 is 15.2 Å². The molecule has 3 rings (SSSR count). The fourth-order valence-corrected chi connectivity index (χ4v) is 1.86. The Kier molecular flexibility index (Phi) is 2.29. The topological polar surface area (TPSA) is 103 Å². The molecule has 2 aromatic heterocycles. The summed E-state index contributed by atoms with van der Waals surface area (Å²) in [6.45, 7) is 3.22. The molecule has 1 amide bonds. The number of aryl methyl sites for hydroxylation is 1. The monoisotopic (exact) mass is 248 g/mol. The number of carbonyl (C=O) groups is 1. The first-order valence-electron chi connectivity index (χ1n) is 5.52. The van der Waals surface area contributed by atoms with E-state index in [0.29, 0.717) is 17.4 Å². The van der Waals surface area contributed by atoms with Crippen LogP contribution in [0.5, 0.6) is 0 Å². The predicted molar refractivity (Wildman–Crippen MR) is 61.0 cm³/mol. The number of nitrogens with two attached hydrogens (primary N) is 1. The fraction of sp³-hybridized carbons (Fsp3) is 0.400. The summed E-state index contributed by atoms with van der Waals surface area (Å²) in [6.07, 6.45) is 3.13. The van der Waals surface area contributed by atoms with Gasteiger partial charge in [0.15, 0.2) is 5.82 Å². The van der Waals surface area contributed by atoms with Crippen LogP contribution in [0.4, 0.5) is 6.01 Å². The summed E-state index contributed by atoms with van der Waals surface area (Å²) in [6, 6.07) is 0.719. The Balaban J connectivity index is 1.66. The molecule has 0 atom stereocenters. The third-order valence-electron chi connectivity index (χ3n) is 2.91. The van der Waals surface area contributed by atoms with Crippen LogP contribution >= 0.6 is 0 Å². The first-order valence-corrected chi connectivity index (χ1v) is 5.52. The Hall–Kier alpha value is -2.38. The van der Waals surface area contributed by atoms with E-state index in [1.165, 1.54) is 6.20 Å². The molecule has 1 fully saturated rings. The van der Waals surface area contributed by atoms with Crippen molar-refractivity contribution < 1.29 is 9.32 Å². The van der Waals surface area contributed by atoms with Gasteiger partial charge in [-0.15, -0.1) is 0 Å². The summed E-state index contributed by atoms with van der Waals surface area (Å²) in [5.74, 6) is 0.147. The van der Waals surface area contributed by atoms with Gasteiger partial charge in [-0.2, -0.15) is 10.1 Å². The van der Waals surface area contributed by atoms with Crippen LogP contribution in [0.25, 0.3) is 0 Å². The number of primary amides is 1. The molecule has 8 heteroatoms. The SMILES string of the molecule is Cc1noc(N2CC(n3cc(C(N)=O)cn3)C2)n1. The van der Waals surface area contributed by atoms with Crippen molar-refractivity contribution in [3.8, 4) is 0 Å². The van der Waals surface area contributed by atoms with Gasteiger partial charge in [0.05, 0.1) is 17.8 Å². The molecule has 2 aromatic rings. The summed E-state index contributed by atoms with van der Waals surface area (Å²) >= 11 is 0. The van der Waals surface area contributed by atoms with Crippen LogP contribution < -0.4 is 10.6 Å². The van der Waals surface area contributed by atoms with Crippen LogP contribution in [0.15, 0.2) is 16.9 Å². The van der Waals surface area contributed by atoms with E-state index < -0.39 is 5.91 Å². The number of amides is 1. The van der Waals surface area contributed by atoms with Gasteiger partial charge in [0.2, 0.25) is 0 Å². The Bertz CT molecular complexity index is 583. The van der Waals surface area contributed by atoms with Crippen molar-refractivity contribution in [1.82, 2.24) is 19.9 Å². The van der Waals surface area contributed by atoms with Crippen LogP contribution in [0, 0.1) is 6.92 Å². The van der Waals surface area contributed by atoms with Crippen molar-refractivity contribution in [3.05, 3.63) is 23.8 Å². The van der Waals surface area contributed by atoms with E-state index in [-0.39, 0.29) is 6.04 Å². The van der Waals surface area contributed by atoms with Gasteiger partial charge >= 0.3 is 6.01 Å². The van der Waals surface area contributed by atoms with Crippen LogP contribution in [0.2, 0.25) is 0 Å². The second-order valence-electron chi connectivity index (χ2n) is 4.26. The fourth-order valence-electron chi connectivity index (χ4n) is 1.86. The molecule has 2 N–H and O–H groups in total. The van der Waals surface area contributed by atoms with Crippen molar-refractivity contribution in [2.45, 2.75) is 13.0 Å². The molecule has 0 unspecified atom stereocenters. The largest absolute Gasteiger partial charge is 0.366 e. The van der Waals surface area contributed by atoms with Crippen molar-refractivity contribution in [2.75, 3.05) is 18.0 Å². The van der Waals surface area contributed by atoms with Gasteiger partial charge in [-0.25, -0.2) is 0 Å². The molecule has 1 aliphatic heterocycles. The number of rotatable bonds is 3. The van der Waals surface area contributed by atoms with Crippen LogP contribution in [-0.2, 0) is 0 Å². The number of aromatic nitrogens is 4. The predicted octanol–water partition coefficient (Wildman–Crippen LogP) is -0.265. The van der Waals surface area contributed by atoms with E-state index in [0.717, 1.165) is 13.1 Å². The van der Waals surface area contributed by atoms with E-state index in [2.05, 4.69) is 15.2 Å². The van der Waals surface area contributed by atoms with E-state index in [1.54, 1.807) is 17.8 Å². The average Bonchev–Trinajstić information content (AvgIpc) is 2.86. The smallest absolute Gasteiger partial charge is 0.324 e. The molecule has 18 heavy (non-hydrogen) atoms. The molecule has 94 valence electrons. The second kappa shape index (κ2) is 3.83. The highest BCUT2D eigenvalue weighted by Gasteiger charge is 2.32. The van der Waals surface area contributed by atoms with Gasteiger partial charge in [-0.1, -0.05) is 5.16 Å². The zero-order valence-corrected chi connectivity index (χ0v) is 9.78. The summed E-state index contributed by atoms with van der Waals surface area (Å²) < 4.78 is 6.79. The normalized spacial score (nSPS) is 15.7. The highest BCUT2D eigenvalue weighted by molar-refractivity contribution is 5.92. The molecular weight excluding hydrogens is 236 g/mol. The average molecular weight is 248 g/mol. The number of carbonyl (C=O) groups excluding carboxylic acids is 1. The highest BCUT2D eigenvalue weighted by atomic mass is 16.5. The van der Waals surface area contributed by atoms with Crippen molar-refractivity contribution in [1.29, 1.82) is 0 Å². The van der Waals surface area contributed by atoms with E-state index in [9.17, 15) is 4.79 Å². The molecule has 0 radical (unpaired) electrons. The Labute approximate surface area is 102 Å². The van der Waals surface area contributed by atoms with Crippen molar-refractivity contribution in [3.63, 3.8) is 0 Å². The summed E-state index contributed by atoms with van der Waals surface area (Å²) in [7, 11) is 0. The zero-order chi connectivity index (χ0) is 12.7. The Morgan fingerprint density at radius 2 is 2.33 bits per heavy atom. The minimum Gasteiger partial charge on any atom is -0.366 e. The summed E-state index contributed by atoms with van der Waals surface area (Å²) in [5, 5.41) is 7.85. The minimum atomic E-state index is -0.468. The number of nitrogens with zero attached hydrogens (tertiary/aromatic N) is 5. The molecule has 1 aliphatic rings. The van der Waals surface area contributed by atoms with E-state index >= 15 is 0 Å². The number of hydrogen-bond donors (Lipinski definition) is 1. The zero-order valence-electron chi connectivity index (χ0n) is 9.78. The number of anilines is 1. The Morgan fingerprint density at radius 1 is 1.56 bits per heavy atom. The molecule has 0 saturated carbocycles. The maximum atomic E-state index is 11.0. The molecule has 0 aromatic carbocycles. The number of hydrogen-bond acceptors (Lipinski definition) is 6. The maximum absolute atomic E-state index is 11.0.